The van der Waals surface area contributed by atoms with E-state index in [0.717, 1.165) is 49.8 Å². The summed E-state index contributed by atoms with van der Waals surface area (Å²) in [6.45, 7) is 8.93. The van der Waals surface area contributed by atoms with Gasteiger partial charge >= 0.3 is 0 Å². The van der Waals surface area contributed by atoms with Crippen LogP contribution >= 0.6 is 11.3 Å². The zero-order valence-corrected chi connectivity index (χ0v) is 15.6. The summed E-state index contributed by atoms with van der Waals surface area (Å²) in [5.74, 6) is 1.31. The Kier molecular flexibility index (Phi) is 4.56. The molecular formula is C19H24N4OS. The summed E-state index contributed by atoms with van der Waals surface area (Å²) in [6.07, 6.45) is 2.63. The van der Waals surface area contributed by atoms with Gasteiger partial charge in [0.15, 0.2) is 0 Å². The van der Waals surface area contributed by atoms with Crippen molar-refractivity contribution in [3.05, 3.63) is 45.7 Å². The summed E-state index contributed by atoms with van der Waals surface area (Å²) in [4.78, 5) is 26.2. The van der Waals surface area contributed by atoms with Gasteiger partial charge in [-0.15, -0.1) is 11.3 Å². The number of carbonyl (C=O) groups is 1. The number of aryl methyl sites for hydroxylation is 2. The largest absolute Gasteiger partial charge is 0.338 e. The molecular weight excluding hydrogens is 332 g/mol. The smallest absolute Gasteiger partial charge is 0.255 e. The van der Waals surface area contributed by atoms with Crippen molar-refractivity contribution in [2.75, 3.05) is 26.2 Å². The van der Waals surface area contributed by atoms with E-state index in [9.17, 15) is 4.79 Å². The highest BCUT2D eigenvalue weighted by atomic mass is 32.1. The first-order valence-electron chi connectivity index (χ1n) is 9.00. The average Bonchev–Trinajstić information content (AvgIpc) is 3.29. The van der Waals surface area contributed by atoms with Gasteiger partial charge in [0, 0.05) is 50.0 Å². The predicted octanol–water partition coefficient (Wildman–Crippen LogP) is 2.61. The standard InChI is InChI=1S/C19H24N4OS/c1-3-17-5-4-14(6-20-17)19(24)23-9-15-7-22(8-16(15)10-23)11-18-12-25-13(2)21-18/h4-6,12,15-16H,3,7-11H2,1-2H3/t15-,16+. The zero-order chi connectivity index (χ0) is 17.4. The van der Waals surface area contributed by atoms with Gasteiger partial charge in [0.1, 0.15) is 0 Å². The Hall–Kier alpha value is -1.79. The first kappa shape index (κ1) is 16.7. The van der Waals surface area contributed by atoms with Crippen molar-refractivity contribution in [1.82, 2.24) is 19.8 Å². The molecule has 2 atom stereocenters. The van der Waals surface area contributed by atoms with E-state index in [1.165, 1.54) is 5.69 Å². The molecule has 2 saturated heterocycles. The lowest BCUT2D eigenvalue weighted by molar-refractivity contribution is 0.0773. The molecule has 0 bridgehead atoms. The summed E-state index contributed by atoms with van der Waals surface area (Å²) in [5, 5.41) is 3.29. The maximum absolute atomic E-state index is 12.7. The molecule has 2 aromatic rings. The highest BCUT2D eigenvalue weighted by molar-refractivity contribution is 7.09. The van der Waals surface area contributed by atoms with Gasteiger partial charge in [0.25, 0.3) is 5.91 Å². The second-order valence-corrected chi connectivity index (χ2v) is 8.24. The van der Waals surface area contributed by atoms with Crippen LogP contribution in [-0.4, -0.2) is 51.9 Å². The molecule has 0 aromatic carbocycles. The molecule has 4 heterocycles. The lowest BCUT2D eigenvalue weighted by Crippen LogP contribution is -2.33. The molecule has 0 spiro atoms. The Morgan fingerprint density at radius 3 is 2.52 bits per heavy atom. The number of nitrogens with zero attached hydrogens (tertiary/aromatic N) is 4. The van der Waals surface area contributed by atoms with E-state index in [1.807, 2.05) is 17.0 Å². The Morgan fingerprint density at radius 2 is 1.96 bits per heavy atom. The van der Waals surface area contributed by atoms with Crippen LogP contribution in [0.5, 0.6) is 0 Å². The number of thiazole rings is 1. The number of fused-ring (bicyclic) bond motifs is 1. The molecule has 0 unspecified atom stereocenters. The highest BCUT2D eigenvalue weighted by Crippen LogP contribution is 2.32. The number of hydrogen-bond donors (Lipinski definition) is 0. The molecule has 4 rings (SSSR count). The number of amides is 1. The van der Waals surface area contributed by atoms with Gasteiger partial charge in [-0.3, -0.25) is 14.7 Å². The number of carbonyl (C=O) groups excluding carboxylic acids is 1. The number of aromatic nitrogens is 2. The number of pyridine rings is 1. The average molecular weight is 356 g/mol. The fourth-order valence-corrected chi connectivity index (χ4v) is 4.64. The van der Waals surface area contributed by atoms with Crippen LogP contribution in [0, 0.1) is 18.8 Å². The first-order chi connectivity index (χ1) is 12.1. The van der Waals surface area contributed by atoms with Crippen LogP contribution in [0.2, 0.25) is 0 Å². The molecule has 2 aliphatic heterocycles. The quantitative estimate of drug-likeness (QED) is 0.845. The molecule has 1 amide bonds. The van der Waals surface area contributed by atoms with Gasteiger partial charge in [0.2, 0.25) is 0 Å². The molecule has 2 aliphatic rings. The van der Waals surface area contributed by atoms with Crippen molar-refractivity contribution >= 4 is 17.2 Å². The maximum Gasteiger partial charge on any atom is 0.255 e. The lowest BCUT2D eigenvalue weighted by Gasteiger charge is -2.21. The molecule has 5 nitrogen and oxygen atoms in total. The second kappa shape index (κ2) is 6.84. The first-order valence-corrected chi connectivity index (χ1v) is 9.88. The highest BCUT2D eigenvalue weighted by Gasteiger charge is 2.41. The van der Waals surface area contributed by atoms with Crippen LogP contribution < -0.4 is 0 Å². The molecule has 6 heteroatoms. The van der Waals surface area contributed by atoms with Crippen molar-refractivity contribution in [1.29, 1.82) is 0 Å². The van der Waals surface area contributed by atoms with E-state index < -0.39 is 0 Å². The molecule has 0 saturated carbocycles. The molecule has 0 radical (unpaired) electrons. The van der Waals surface area contributed by atoms with Gasteiger partial charge < -0.3 is 4.90 Å². The van der Waals surface area contributed by atoms with E-state index >= 15 is 0 Å². The van der Waals surface area contributed by atoms with E-state index in [0.29, 0.717) is 17.4 Å². The summed E-state index contributed by atoms with van der Waals surface area (Å²) >= 11 is 1.72. The number of likely N-dealkylation sites (tertiary alicyclic amines) is 2. The fraction of sp³-hybridized carbons (Fsp3) is 0.526. The minimum absolute atomic E-state index is 0.131. The zero-order valence-electron chi connectivity index (χ0n) is 14.8. The molecule has 2 fully saturated rings. The van der Waals surface area contributed by atoms with Crippen LogP contribution in [0.25, 0.3) is 0 Å². The Bertz CT molecular complexity index is 743. The molecule has 25 heavy (non-hydrogen) atoms. The maximum atomic E-state index is 12.7. The van der Waals surface area contributed by atoms with Gasteiger partial charge in [-0.1, -0.05) is 6.92 Å². The summed E-state index contributed by atoms with van der Waals surface area (Å²) in [6, 6.07) is 3.88. The normalized spacial score (nSPS) is 23.2. The van der Waals surface area contributed by atoms with Crippen molar-refractivity contribution in [2.24, 2.45) is 11.8 Å². The fourth-order valence-electron chi connectivity index (χ4n) is 4.04. The third kappa shape index (κ3) is 3.46. The van der Waals surface area contributed by atoms with E-state index in [-0.39, 0.29) is 5.91 Å². The second-order valence-electron chi connectivity index (χ2n) is 7.17. The number of rotatable bonds is 4. The SMILES string of the molecule is CCc1ccc(C(=O)N2C[C@H]3CN(Cc4csc(C)n4)C[C@H]3C2)cn1. The van der Waals surface area contributed by atoms with E-state index in [1.54, 1.807) is 17.5 Å². The van der Waals surface area contributed by atoms with Crippen molar-refractivity contribution < 1.29 is 4.79 Å². The van der Waals surface area contributed by atoms with Crippen LogP contribution in [0.1, 0.15) is 33.7 Å². The summed E-state index contributed by atoms with van der Waals surface area (Å²) < 4.78 is 0. The van der Waals surface area contributed by atoms with Crippen LogP contribution in [0.4, 0.5) is 0 Å². The minimum Gasteiger partial charge on any atom is -0.338 e. The van der Waals surface area contributed by atoms with E-state index in [4.69, 9.17) is 0 Å². The Morgan fingerprint density at radius 1 is 1.20 bits per heavy atom. The van der Waals surface area contributed by atoms with Crippen molar-refractivity contribution in [3.8, 4) is 0 Å². The summed E-state index contributed by atoms with van der Waals surface area (Å²) in [5.41, 5.74) is 2.92. The van der Waals surface area contributed by atoms with E-state index in [2.05, 4.69) is 34.1 Å². The van der Waals surface area contributed by atoms with Gasteiger partial charge in [-0.05, 0) is 37.3 Å². The topological polar surface area (TPSA) is 49.3 Å². The Labute approximate surface area is 152 Å². The van der Waals surface area contributed by atoms with Gasteiger partial charge in [-0.25, -0.2) is 4.98 Å². The molecule has 132 valence electrons. The predicted molar refractivity (Wildman–Crippen MR) is 98.6 cm³/mol. The molecule has 0 N–H and O–H groups in total. The van der Waals surface area contributed by atoms with Gasteiger partial charge in [0.05, 0.1) is 16.3 Å². The van der Waals surface area contributed by atoms with Crippen molar-refractivity contribution in [3.63, 3.8) is 0 Å². The van der Waals surface area contributed by atoms with Crippen molar-refractivity contribution in [2.45, 2.75) is 26.8 Å². The molecule has 2 aromatic heterocycles. The van der Waals surface area contributed by atoms with Gasteiger partial charge in [-0.2, -0.15) is 0 Å². The third-order valence-electron chi connectivity index (χ3n) is 5.34. The van der Waals surface area contributed by atoms with Crippen LogP contribution in [0.15, 0.2) is 23.7 Å². The van der Waals surface area contributed by atoms with Crippen LogP contribution in [0.3, 0.4) is 0 Å². The monoisotopic (exact) mass is 356 g/mol. The minimum atomic E-state index is 0.131. The molecule has 0 aliphatic carbocycles. The van der Waals surface area contributed by atoms with Crippen LogP contribution in [-0.2, 0) is 13.0 Å². The number of hydrogen-bond acceptors (Lipinski definition) is 5. The Balaban J connectivity index is 1.34. The summed E-state index contributed by atoms with van der Waals surface area (Å²) in [7, 11) is 0. The lowest BCUT2D eigenvalue weighted by atomic mass is 10.0. The third-order valence-corrected chi connectivity index (χ3v) is 6.16.